The highest BCUT2D eigenvalue weighted by Gasteiger charge is 2.08. The van der Waals surface area contributed by atoms with Crippen LogP contribution in [0.25, 0.3) is 0 Å². The van der Waals surface area contributed by atoms with Crippen LogP contribution in [0.4, 0.5) is 0 Å². The molecule has 0 saturated carbocycles. The smallest absolute Gasteiger partial charge is 0.138 e. The maximum atomic E-state index is 6.27. The van der Waals surface area contributed by atoms with E-state index in [-0.39, 0.29) is 6.04 Å². The van der Waals surface area contributed by atoms with Crippen LogP contribution < -0.4 is 10.1 Å². The van der Waals surface area contributed by atoms with E-state index >= 15 is 0 Å². The summed E-state index contributed by atoms with van der Waals surface area (Å²) >= 11 is 6.27. The number of hydrogen-bond acceptors (Lipinski definition) is 3. The van der Waals surface area contributed by atoms with Crippen LogP contribution in [0, 0.1) is 0 Å². The molecule has 5 heteroatoms. The van der Waals surface area contributed by atoms with Gasteiger partial charge in [-0.1, -0.05) is 17.7 Å². The zero-order valence-corrected chi connectivity index (χ0v) is 12.8. The summed E-state index contributed by atoms with van der Waals surface area (Å²) < 4.78 is 7.83. The molecule has 2 aromatic rings. The number of aromatic nitrogens is 2. The van der Waals surface area contributed by atoms with Crippen LogP contribution in [-0.2, 0) is 13.2 Å². The second-order valence-corrected chi connectivity index (χ2v) is 5.07. The number of benzene rings is 1. The van der Waals surface area contributed by atoms with Gasteiger partial charge in [0.1, 0.15) is 12.4 Å². The molecule has 0 amide bonds. The lowest BCUT2D eigenvalue weighted by molar-refractivity contribution is 0.295. The van der Waals surface area contributed by atoms with E-state index in [0.29, 0.717) is 17.4 Å². The minimum atomic E-state index is 0.267. The lowest BCUT2D eigenvalue weighted by Gasteiger charge is -2.14. The summed E-state index contributed by atoms with van der Waals surface area (Å²) in [4.78, 5) is 4.12. The van der Waals surface area contributed by atoms with Gasteiger partial charge in [-0.15, -0.1) is 0 Å². The molecule has 0 bridgehead atoms. The van der Waals surface area contributed by atoms with Crippen molar-refractivity contribution in [1.29, 1.82) is 0 Å². The van der Waals surface area contributed by atoms with E-state index in [1.807, 2.05) is 36.0 Å². The molecule has 0 fully saturated rings. The van der Waals surface area contributed by atoms with Gasteiger partial charge in [0.2, 0.25) is 0 Å². The minimum Gasteiger partial charge on any atom is -0.486 e. The maximum absolute atomic E-state index is 6.27. The van der Waals surface area contributed by atoms with Crippen molar-refractivity contribution in [2.75, 3.05) is 7.05 Å². The van der Waals surface area contributed by atoms with Gasteiger partial charge < -0.3 is 14.6 Å². The average molecular weight is 294 g/mol. The van der Waals surface area contributed by atoms with Crippen LogP contribution in [0.1, 0.15) is 31.1 Å². The third-order valence-corrected chi connectivity index (χ3v) is 3.70. The fourth-order valence-corrected chi connectivity index (χ4v) is 2.22. The van der Waals surface area contributed by atoms with Gasteiger partial charge in [0, 0.05) is 12.6 Å². The summed E-state index contributed by atoms with van der Waals surface area (Å²) in [5.74, 6) is 0.697. The fraction of sp³-hybridized carbons (Fsp3) is 0.400. The zero-order chi connectivity index (χ0) is 14.5. The molecule has 0 saturated heterocycles. The zero-order valence-electron chi connectivity index (χ0n) is 12.1. The number of nitrogens with zero attached hydrogens (tertiary/aromatic N) is 2. The second kappa shape index (κ2) is 6.77. The first-order valence-corrected chi connectivity index (χ1v) is 7.12. The molecule has 0 aliphatic carbocycles. The molecule has 1 N–H and O–H groups in total. The third kappa shape index (κ3) is 3.32. The molecule has 1 aromatic heterocycles. The molecule has 1 heterocycles. The highest BCUT2D eigenvalue weighted by Crippen LogP contribution is 2.28. The number of rotatable bonds is 6. The van der Waals surface area contributed by atoms with Gasteiger partial charge in [-0.25, -0.2) is 4.98 Å². The average Bonchev–Trinajstić information content (AvgIpc) is 2.92. The first kappa shape index (κ1) is 14.9. The molecular formula is C15H20ClN3O. The van der Waals surface area contributed by atoms with Gasteiger partial charge in [0.25, 0.3) is 0 Å². The Balaban J connectivity index is 2.07. The molecule has 108 valence electrons. The van der Waals surface area contributed by atoms with Crippen LogP contribution in [-0.4, -0.2) is 16.6 Å². The summed E-state index contributed by atoms with van der Waals surface area (Å²) in [7, 11) is 1.93. The van der Waals surface area contributed by atoms with Crippen molar-refractivity contribution in [2.24, 2.45) is 0 Å². The van der Waals surface area contributed by atoms with Gasteiger partial charge >= 0.3 is 0 Å². The van der Waals surface area contributed by atoms with Crippen molar-refractivity contribution >= 4 is 11.6 Å². The number of imidazole rings is 1. The van der Waals surface area contributed by atoms with Gasteiger partial charge in [-0.3, -0.25) is 0 Å². The Hall–Kier alpha value is -1.52. The molecule has 1 aromatic carbocycles. The second-order valence-electron chi connectivity index (χ2n) is 4.66. The highest BCUT2D eigenvalue weighted by atomic mass is 35.5. The Labute approximate surface area is 124 Å². The van der Waals surface area contributed by atoms with Crippen LogP contribution >= 0.6 is 11.6 Å². The van der Waals surface area contributed by atoms with E-state index in [1.165, 1.54) is 0 Å². The monoisotopic (exact) mass is 293 g/mol. The maximum Gasteiger partial charge on any atom is 0.138 e. The Bertz CT molecular complexity index is 568. The van der Waals surface area contributed by atoms with Crippen LogP contribution in [0.5, 0.6) is 5.75 Å². The van der Waals surface area contributed by atoms with E-state index in [2.05, 4.69) is 24.1 Å². The minimum absolute atomic E-state index is 0.267. The van der Waals surface area contributed by atoms with Crippen molar-refractivity contribution in [3.63, 3.8) is 0 Å². The molecule has 0 aliphatic rings. The Kier molecular flexibility index (Phi) is 5.04. The predicted molar refractivity (Wildman–Crippen MR) is 81.2 cm³/mol. The Morgan fingerprint density at radius 1 is 1.45 bits per heavy atom. The molecular weight excluding hydrogens is 274 g/mol. The molecule has 0 radical (unpaired) electrons. The number of halogens is 1. The van der Waals surface area contributed by atoms with Gasteiger partial charge in [-0.2, -0.15) is 0 Å². The highest BCUT2D eigenvalue weighted by molar-refractivity contribution is 6.32. The first-order chi connectivity index (χ1) is 9.65. The molecule has 1 atom stereocenters. The lowest BCUT2D eigenvalue weighted by atomic mass is 10.1. The van der Waals surface area contributed by atoms with E-state index in [0.717, 1.165) is 17.8 Å². The summed E-state index contributed by atoms with van der Waals surface area (Å²) in [5.41, 5.74) is 2.18. The number of hydrogen-bond donors (Lipinski definition) is 1. The predicted octanol–water partition coefficient (Wildman–Crippen LogP) is 3.42. The quantitative estimate of drug-likeness (QED) is 0.887. The first-order valence-electron chi connectivity index (χ1n) is 6.74. The number of aryl methyl sites for hydroxylation is 1. The van der Waals surface area contributed by atoms with E-state index in [4.69, 9.17) is 16.3 Å². The van der Waals surface area contributed by atoms with Crippen molar-refractivity contribution in [2.45, 2.75) is 33.0 Å². The molecule has 20 heavy (non-hydrogen) atoms. The molecule has 0 spiro atoms. The standard InChI is InChI=1S/C15H20ClN3O/c1-4-19-10-18-8-13(19)9-20-15-6-5-12(7-14(15)16)11(2)17-3/h5-8,10-11,17H,4,9H2,1-3H3. The molecule has 1 unspecified atom stereocenters. The summed E-state index contributed by atoms with van der Waals surface area (Å²) in [6.07, 6.45) is 3.62. The van der Waals surface area contributed by atoms with E-state index in [1.54, 1.807) is 6.33 Å². The molecule has 4 nitrogen and oxygen atoms in total. The largest absolute Gasteiger partial charge is 0.486 e. The summed E-state index contributed by atoms with van der Waals surface area (Å²) in [6.45, 7) is 5.51. The number of nitrogens with one attached hydrogen (secondary N) is 1. The van der Waals surface area contributed by atoms with Crippen LogP contribution in [0.3, 0.4) is 0 Å². The normalized spacial score (nSPS) is 12.4. The topological polar surface area (TPSA) is 39.1 Å². The fourth-order valence-electron chi connectivity index (χ4n) is 1.97. The lowest BCUT2D eigenvalue weighted by Crippen LogP contribution is -2.12. The van der Waals surface area contributed by atoms with Crippen molar-refractivity contribution in [1.82, 2.24) is 14.9 Å². The summed E-state index contributed by atoms with van der Waals surface area (Å²) in [6, 6.07) is 6.15. The molecule has 0 aliphatic heterocycles. The third-order valence-electron chi connectivity index (χ3n) is 3.40. The van der Waals surface area contributed by atoms with Crippen molar-refractivity contribution < 1.29 is 4.74 Å². The van der Waals surface area contributed by atoms with Gasteiger partial charge in [0.15, 0.2) is 0 Å². The van der Waals surface area contributed by atoms with E-state index < -0.39 is 0 Å². The van der Waals surface area contributed by atoms with Gasteiger partial charge in [-0.05, 0) is 38.6 Å². The number of ether oxygens (including phenoxy) is 1. The van der Waals surface area contributed by atoms with Crippen LogP contribution in [0.15, 0.2) is 30.7 Å². The van der Waals surface area contributed by atoms with Crippen molar-refractivity contribution in [3.05, 3.63) is 47.0 Å². The molecule has 2 rings (SSSR count). The Morgan fingerprint density at radius 2 is 2.25 bits per heavy atom. The van der Waals surface area contributed by atoms with Gasteiger partial charge in [0.05, 0.1) is 23.2 Å². The van der Waals surface area contributed by atoms with Crippen LogP contribution in [0.2, 0.25) is 5.02 Å². The summed E-state index contributed by atoms with van der Waals surface area (Å²) in [5, 5.41) is 3.82. The van der Waals surface area contributed by atoms with Crippen molar-refractivity contribution in [3.8, 4) is 5.75 Å². The Morgan fingerprint density at radius 3 is 2.90 bits per heavy atom. The van der Waals surface area contributed by atoms with E-state index in [9.17, 15) is 0 Å². The SMILES string of the molecule is CCn1cncc1COc1ccc(C(C)NC)cc1Cl.